The molecule has 0 aliphatic carbocycles. The lowest BCUT2D eigenvalue weighted by Crippen LogP contribution is -2.47. The van der Waals surface area contributed by atoms with Crippen molar-refractivity contribution >= 4 is 15.9 Å². The van der Waals surface area contributed by atoms with Crippen molar-refractivity contribution in [2.45, 2.75) is 37.6 Å². The lowest BCUT2D eigenvalue weighted by molar-refractivity contribution is -0.127. The highest BCUT2D eigenvalue weighted by molar-refractivity contribution is 7.89. The largest absolute Gasteiger partial charge is 0.496 e. The molecule has 0 aromatic heterocycles. The average molecular weight is 384 g/mol. The number of benzene rings is 1. The summed E-state index contributed by atoms with van der Waals surface area (Å²) in [6, 6.07) is 4.70. The first-order chi connectivity index (χ1) is 12.3. The number of amides is 1. The molecular formula is C18H28N2O5S. The second kappa shape index (κ2) is 8.83. The van der Waals surface area contributed by atoms with Crippen molar-refractivity contribution in [3.8, 4) is 5.75 Å². The Morgan fingerprint density at radius 3 is 2.73 bits per heavy atom. The molecule has 0 saturated carbocycles. The van der Waals surface area contributed by atoms with Gasteiger partial charge in [0.15, 0.2) is 0 Å². The van der Waals surface area contributed by atoms with Crippen LogP contribution in [0.25, 0.3) is 0 Å². The fourth-order valence-corrected chi connectivity index (χ4v) is 4.80. The van der Waals surface area contributed by atoms with E-state index in [4.69, 9.17) is 9.47 Å². The summed E-state index contributed by atoms with van der Waals surface area (Å²) < 4.78 is 37.6. The Bertz CT molecular complexity index is 735. The maximum Gasteiger partial charge on any atom is 0.243 e. The Morgan fingerprint density at radius 1 is 1.38 bits per heavy atom. The van der Waals surface area contributed by atoms with Gasteiger partial charge in [-0.15, -0.1) is 0 Å². The van der Waals surface area contributed by atoms with Gasteiger partial charge in [-0.25, -0.2) is 8.42 Å². The van der Waals surface area contributed by atoms with Gasteiger partial charge in [-0.3, -0.25) is 4.79 Å². The summed E-state index contributed by atoms with van der Waals surface area (Å²) >= 11 is 0. The Labute approximate surface area is 155 Å². The van der Waals surface area contributed by atoms with Crippen LogP contribution in [0.3, 0.4) is 0 Å². The molecule has 1 aliphatic heterocycles. The van der Waals surface area contributed by atoms with Gasteiger partial charge in [0.05, 0.1) is 24.5 Å². The van der Waals surface area contributed by atoms with Gasteiger partial charge < -0.3 is 14.8 Å². The zero-order valence-electron chi connectivity index (χ0n) is 15.8. The molecule has 1 heterocycles. The molecule has 1 amide bonds. The molecule has 1 saturated heterocycles. The highest BCUT2D eigenvalue weighted by atomic mass is 32.2. The Kier molecular flexibility index (Phi) is 7.02. The molecule has 1 fully saturated rings. The summed E-state index contributed by atoms with van der Waals surface area (Å²) in [5, 5.41) is 2.88. The minimum atomic E-state index is -3.64. The van der Waals surface area contributed by atoms with Crippen molar-refractivity contribution < 1.29 is 22.7 Å². The predicted octanol–water partition coefficient (Wildman–Crippen LogP) is 1.56. The molecular weight excluding hydrogens is 356 g/mol. The van der Waals surface area contributed by atoms with E-state index in [-0.39, 0.29) is 29.3 Å². The number of carbonyl (C=O) groups excluding carboxylic acids is 1. The molecule has 26 heavy (non-hydrogen) atoms. The van der Waals surface area contributed by atoms with E-state index in [2.05, 4.69) is 5.32 Å². The molecule has 1 aromatic carbocycles. The van der Waals surface area contributed by atoms with E-state index in [1.807, 2.05) is 13.8 Å². The van der Waals surface area contributed by atoms with E-state index < -0.39 is 10.0 Å². The average Bonchev–Trinajstić information content (AvgIpc) is 2.61. The first-order valence-corrected chi connectivity index (χ1v) is 10.2. The molecule has 2 rings (SSSR count). The smallest absolute Gasteiger partial charge is 0.243 e. The number of carbonyl (C=O) groups is 1. The maximum absolute atomic E-state index is 13.0. The van der Waals surface area contributed by atoms with Gasteiger partial charge in [-0.05, 0) is 50.5 Å². The fraction of sp³-hybridized carbons (Fsp3) is 0.611. The van der Waals surface area contributed by atoms with Crippen molar-refractivity contribution in [1.29, 1.82) is 0 Å². The fourth-order valence-electron chi connectivity index (χ4n) is 3.19. The lowest BCUT2D eigenvalue weighted by Gasteiger charge is -2.32. The topological polar surface area (TPSA) is 84.9 Å². The Morgan fingerprint density at radius 2 is 2.12 bits per heavy atom. The van der Waals surface area contributed by atoms with Crippen LogP contribution in [-0.4, -0.2) is 58.6 Å². The molecule has 1 N–H and O–H groups in total. The van der Waals surface area contributed by atoms with Crippen LogP contribution in [0.5, 0.6) is 5.75 Å². The number of hydrogen-bond acceptors (Lipinski definition) is 5. The molecule has 8 heteroatoms. The number of nitrogens with one attached hydrogen (secondary N) is 1. The van der Waals surface area contributed by atoms with Crippen molar-refractivity contribution in [3.63, 3.8) is 0 Å². The summed E-state index contributed by atoms with van der Waals surface area (Å²) in [6.07, 6.45) is 1.34. The van der Waals surface area contributed by atoms with E-state index in [0.29, 0.717) is 31.7 Å². The first-order valence-electron chi connectivity index (χ1n) is 8.73. The number of hydrogen-bond donors (Lipinski definition) is 1. The van der Waals surface area contributed by atoms with Crippen molar-refractivity contribution in [3.05, 3.63) is 23.8 Å². The van der Waals surface area contributed by atoms with Gasteiger partial charge in [-0.2, -0.15) is 4.31 Å². The summed E-state index contributed by atoms with van der Waals surface area (Å²) in [4.78, 5) is 12.7. The minimum Gasteiger partial charge on any atom is -0.496 e. The molecule has 7 nitrogen and oxygen atoms in total. The van der Waals surface area contributed by atoms with Gasteiger partial charge in [0.2, 0.25) is 15.9 Å². The number of piperidine rings is 1. The van der Waals surface area contributed by atoms with E-state index in [1.54, 1.807) is 32.4 Å². The van der Waals surface area contributed by atoms with Gasteiger partial charge >= 0.3 is 0 Å². The number of ether oxygens (including phenoxy) is 2. The van der Waals surface area contributed by atoms with Gasteiger partial charge in [-0.1, -0.05) is 0 Å². The lowest BCUT2D eigenvalue weighted by atomic mass is 9.98. The number of aryl methyl sites for hydroxylation is 1. The van der Waals surface area contributed by atoms with Crippen LogP contribution in [0.2, 0.25) is 0 Å². The first kappa shape index (κ1) is 20.7. The molecule has 146 valence electrons. The predicted molar refractivity (Wildman–Crippen MR) is 98.7 cm³/mol. The highest BCUT2D eigenvalue weighted by Gasteiger charge is 2.33. The Balaban J connectivity index is 2.12. The Hall–Kier alpha value is -1.64. The summed E-state index contributed by atoms with van der Waals surface area (Å²) in [5.41, 5.74) is 0.758. The van der Waals surface area contributed by atoms with Crippen LogP contribution < -0.4 is 10.1 Å². The zero-order chi connectivity index (χ0) is 19.3. The van der Waals surface area contributed by atoms with Gasteiger partial charge in [0, 0.05) is 26.2 Å². The van der Waals surface area contributed by atoms with E-state index >= 15 is 0 Å². The quantitative estimate of drug-likeness (QED) is 0.771. The third kappa shape index (κ3) is 4.75. The monoisotopic (exact) mass is 384 g/mol. The van der Waals surface area contributed by atoms with Crippen molar-refractivity contribution in [2.75, 3.05) is 33.9 Å². The molecule has 2 atom stereocenters. The second-order valence-electron chi connectivity index (χ2n) is 6.70. The minimum absolute atomic E-state index is 0.108. The number of rotatable bonds is 7. The van der Waals surface area contributed by atoms with Crippen LogP contribution in [0.15, 0.2) is 23.1 Å². The van der Waals surface area contributed by atoms with Gasteiger partial charge in [0.1, 0.15) is 5.75 Å². The molecule has 2 unspecified atom stereocenters. The van der Waals surface area contributed by atoms with E-state index in [9.17, 15) is 13.2 Å². The highest BCUT2D eigenvalue weighted by Crippen LogP contribution is 2.27. The number of sulfonamides is 1. The summed E-state index contributed by atoms with van der Waals surface area (Å²) in [7, 11) is -0.513. The molecule has 0 spiro atoms. The zero-order valence-corrected chi connectivity index (χ0v) is 16.6. The van der Waals surface area contributed by atoms with Crippen LogP contribution in [0.1, 0.15) is 25.3 Å². The van der Waals surface area contributed by atoms with E-state index in [1.165, 1.54) is 4.31 Å². The van der Waals surface area contributed by atoms with Crippen LogP contribution >= 0.6 is 0 Å². The molecule has 1 aromatic rings. The summed E-state index contributed by atoms with van der Waals surface area (Å²) in [6.45, 7) is 4.70. The third-order valence-corrected chi connectivity index (χ3v) is 6.43. The normalized spacial score (nSPS) is 19.8. The maximum atomic E-state index is 13.0. The van der Waals surface area contributed by atoms with Crippen LogP contribution in [0, 0.1) is 12.8 Å². The molecule has 1 aliphatic rings. The third-order valence-electron chi connectivity index (χ3n) is 4.56. The van der Waals surface area contributed by atoms with Crippen molar-refractivity contribution in [2.24, 2.45) is 5.92 Å². The van der Waals surface area contributed by atoms with Crippen LogP contribution in [-0.2, 0) is 19.6 Å². The second-order valence-corrected chi connectivity index (χ2v) is 8.64. The molecule has 0 bridgehead atoms. The standard InChI is InChI=1S/C18H28N2O5S/c1-13-10-16(7-8-17(13)25-4)26(22,23)20-9-5-6-15(11-20)18(21)19-14(2)12-24-3/h7-8,10,14-15H,5-6,9,11-12H2,1-4H3,(H,19,21). The molecule has 0 radical (unpaired) electrons. The number of nitrogens with zero attached hydrogens (tertiary/aromatic N) is 1. The van der Waals surface area contributed by atoms with Gasteiger partial charge in [0.25, 0.3) is 0 Å². The number of methoxy groups -OCH3 is 2. The van der Waals surface area contributed by atoms with Crippen molar-refractivity contribution in [1.82, 2.24) is 9.62 Å². The van der Waals surface area contributed by atoms with E-state index in [0.717, 1.165) is 5.56 Å². The summed E-state index contributed by atoms with van der Waals surface area (Å²) in [5.74, 6) is 0.171. The van der Waals surface area contributed by atoms with Crippen LogP contribution in [0.4, 0.5) is 0 Å². The SMILES string of the molecule is COCC(C)NC(=O)C1CCCN(S(=O)(=O)c2ccc(OC)c(C)c2)C1.